The van der Waals surface area contributed by atoms with Gasteiger partial charge in [0.15, 0.2) is 0 Å². The maximum absolute atomic E-state index is 9.92. The van der Waals surface area contributed by atoms with Crippen LogP contribution in [0.1, 0.15) is 27.7 Å². The zero-order valence-corrected chi connectivity index (χ0v) is 42.5. The van der Waals surface area contributed by atoms with Crippen LogP contribution in [0.25, 0.3) is 71.3 Å². The molecule has 15 rings (SSSR count). The normalized spacial score (nSPS) is 13.2. The van der Waals surface area contributed by atoms with Gasteiger partial charge in [0.05, 0.1) is 27.6 Å². The number of anilines is 6. The lowest BCUT2D eigenvalue weighted by atomic mass is 9.67. The number of fused-ring (bicyclic) bond motifs is 8. The van der Waals surface area contributed by atoms with Gasteiger partial charge in [-0.3, -0.25) is 0 Å². The van der Waals surface area contributed by atoms with Crippen LogP contribution in [-0.2, 0) is 5.41 Å². The van der Waals surface area contributed by atoms with Gasteiger partial charge in [-0.25, -0.2) is 0 Å². The molecule has 13 aromatic carbocycles. The number of para-hydroxylation sites is 3. The van der Waals surface area contributed by atoms with Crippen molar-refractivity contribution in [2.75, 3.05) is 9.80 Å². The van der Waals surface area contributed by atoms with Crippen LogP contribution in [0, 0.1) is 0 Å². The largest absolute Gasteiger partial charge is 0.310 e. The Kier molecular flexibility index (Phi) is 9.77. The summed E-state index contributed by atoms with van der Waals surface area (Å²) in [6, 6.07) is 98.8. The van der Waals surface area contributed by atoms with Gasteiger partial charge in [0.25, 0.3) is 0 Å². The molecule has 1 heterocycles. The van der Waals surface area contributed by atoms with E-state index in [9.17, 15) is 5.48 Å². The van der Waals surface area contributed by atoms with Gasteiger partial charge in [-0.05, 0) is 152 Å². The van der Waals surface area contributed by atoms with E-state index in [1.807, 2.05) is 65.6 Å². The van der Waals surface area contributed by atoms with Crippen LogP contribution in [-0.4, -0.2) is 4.57 Å². The predicted octanol–water partition coefficient (Wildman–Crippen LogP) is 20.1. The predicted molar refractivity (Wildman–Crippen MR) is 328 cm³/mol. The molecule has 78 heavy (non-hydrogen) atoms. The second kappa shape index (κ2) is 18.6. The molecular weight excluding hydrogens is 943 g/mol. The molecular formula is C75H51N3. The van der Waals surface area contributed by atoms with E-state index in [1.165, 1.54) is 16.3 Å². The van der Waals surface area contributed by atoms with Gasteiger partial charge in [-0.15, -0.1) is 0 Å². The zero-order valence-electron chi connectivity index (χ0n) is 46.5. The fourth-order valence-corrected chi connectivity index (χ4v) is 12.4. The van der Waals surface area contributed by atoms with Crippen LogP contribution in [0.3, 0.4) is 0 Å². The molecule has 0 aliphatic heterocycles. The minimum atomic E-state index is -0.685. The molecule has 1 aromatic heterocycles. The van der Waals surface area contributed by atoms with E-state index in [-0.39, 0.29) is 35.4 Å². The zero-order chi connectivity index (χ0) is 55.1. The van der Waals surface area contributed by atoms with Crippen LogP contribution in [0.15, 0.2) is 309 Å². The second-order valence-electron chi connectivity index (χ2n) is 20.1. The molecule has 3 heteroatoms. The molecule has 0 bridgehead atoms. The lowest BCUT2D eigenvalue weighted by Crippen LogP contribution is -2.28. The Morgan fingerprint density at radius 2 is 0.872 bits per heavy atom. The Labute approximate surface area is 460 Å². The van der Waals surface area contributed by atoms with Crippen molar-refractivity contribution in [3.05, 3.63) is 332 Å². The van der Waals surface area contributed by atoms with E-state index in [0.29, 0.717) is 11.3 Å². The lowest BCUT2D eigenvalue weighted by Gasteiger charge is -2.35. The van der Waals surface area contributed by atoms with E-state index in [2.05, 4.69) is 234 Å². The molecule has 366 valence electrons. The number of hydrogen-bond donors (Lipinski definition) is 0. The molecule has 14 aromatic rings. The average Bonchev–Trinajstić information content (AvgIpc) is 2.38. The topological polar surface area (TPSA) is 11.4 Å². The Bertz CT molecular complexity index is 4740. The first-order chi connectivity index (χ1) is 40.4. The van der Waals surface area contributed by atoms with Gasteiger partial charge in [0, 0.05) is 50.3 Å². The first kappa shape index (κ1) is 41.1. The van der Waals surface area contributed by atoms with Gasteiger partial charge in [0.1, 0.15) is 0 Å². The average molecular weight is 998 g/mol. The van der Waals surface area contributed by atoms with Crippen LogP contribution in [0.2, 0.25) is 0 Å². The van der Waals surface area contributed by atoms with Crippen LogP contribution >= 0.6 is 0 Å². The van der Waals surface area contributed by atoms with Crippen molar-refractivity contribution < 1.29 is 5.48 Å². The summed E-state index contributed by atoms with van der Waals surface area (Å²) in [5, 5.41) is 6.50. The highest BCUT2D eigenvalue weighted by Gasteiger charge is 2.46. The molecule has 3 nitrogen and oxygen atoms in total. The highest BCUT2D eigenvalue weighted by molar-refractivity contribution is 6.11. The van der Waals surface area contributed by atoms with E-state index in [4.69, 9.17) is 0 Å². The fraction of sp³-hybridized carbons (Fsp3) is 0.0133. The molecule has 0 saturated carbocycles. The molecule has 0 saturated heterocycles. The standard InChI is InChI=1S/C75H51N3/c1-5-22-57(23-6-1)75(58-24-7-2-8-25-58)70-33-17-15-31-66(70)67-46-44-63(50-71(67)75)76(59-26-9-3-10-27-59)61-41-38-52(39-42-61)54-36-37-56-49-62(43-40-55(56)48-54)77(72-35-19-21-53-20-13-14-30-65(53)72)64-45-47-69-68-32-16-18-34-73(68)78(74(69)51-64)60-28-11-4-12-29-60/h1-51H/i38D,39D,41D,42D. The van der Waals surface area contributed by atoms with Gasteiger partial charge < -0.3 is 14.4 Å². The summed E-state index contributed by atoms with van der Waals surface area (Å²) >= 11 is 0. The van der Waals surface area contributed by atoms with Gasteiger partial charge in [-0.1, -0.05) is 218 Å². The Hall–Kier alpha value is -10.2. The number of aromatic nitrogens is 1. The van der Waals surface area contributed by atoms with Crippen LogP contribution in [0.5, 0.6) is 0 Å². The molecule has 0 fully saturated rings. The number of rotatable bonds is 10. The van der Waals surface area contributed by atoms with Gasteiger partial charge >= 0.3 is 0 Å². The minimum absolute atomic E-state index is 0.116. The summed E-state index contributed by atoms with van der Waals surface area (Å²) in [7, 11) is 0. The minimum Gasteiger partial charge on any atom is -0.310 e. The maximum Gasteiger partial charge on any atom is 0.0714 e. The van der Waals surface area contributed by atoms with Crippen molar-refractivity contribution >= 4 is 77.5 Å². The van der Waals surface area contributed by atoms with Crippen molar-refractivity contribution in [2.24, 2.45) is 0 Å². The molecule has 0 spiro atoms. The molecule has 0 N–H and O–H groups in total. The molecule has 1 aliphatic carbocycles. The summed E-state index contributed by atoms with van der Waals surface area (Å²) < 4.78 is 41.8. The Morgan fingerprint density at radius 1 is 0.308 bits per heavy atom. The SMILES string of the molecule is [2H]c1c([2H])c(N(c2ccccc2)c2ccc3c(c2)C(c2ccccc2)(c2ccccc2)c2ccccc2-3)c([2H])c([2H])c1-c1ccc2cc(N(c3ccc4c5ccccc5n(-c5ccccc5)c4c3)c3cccc4ccccc34)ccc2c1. The van der Waals surface area contributed by atoms with Crippen molar-refractivity contribution in [2.45, 2.75) is 5.41 Å². The molecule has 0 radical (unpaired) electrons. The van der Waals surface area contributed by atoms with Crippen molar-refractivity contribution in [3.8, 4) is 27.9 Å². The van der Waals surface area contributed by atoms with E-state index < -0.39 is 5.41 Å². The summed E-state index contributed by atoms with van der Waals surface area (Å²) in [6.07, 6.45) is 0. The maximum atomic E-state index is 9.92. The number of nitrogens with zero attached hydrogens (tertiary/aromatic N) is 3. The van der Waals surface area contributed by atoms with Gasteiger partial charge in [-0.2, -0.15) is 0 Å². The van der Waals surface area contributed by atoms with Crippen LogP contribution < -0.4 is 9.80 Å². The van der Waals surface area contributed by atoms with Crippen LogP contribution in [0.4, 0.5) is 34.1 Å². The third-order valence-electron chi connectivity index (χ3n) is 15.9. The first-order valence-corrected chi connectivity index (χ1v) is 26.6. The highest BCUT2D eigenvalue weighted by atomic mass is 15.2. The second-order valence-corrected chi connectivity index (χ2v) is 20.1. The van der Waals surface area contributed by atoms with Crippen molar-refractivity contribution in [1.82, 2.24) is 4.57 Å². The molecule has 0 amide bonds. The van der Waals surface area contributed by atoms with E-state index in [1.54, 1.807) is 0 Å². The summed E-state index contributed by atoms with van der Waals surface area (Å²) in [4.78, 5) is 4.24. The molecule has 0 atom stereocenters. The Morgan fingerprint density at radius 3 is 1.65 bits per heavy atom. The molecule has 0 unspecified atom stereocenters. The third kappa shape index (κ3) is 7.28. The monoisotopic (exact) mass is 997 g/mol. The first-order valence-electron chi connectivity index (χ1n) is 28.6. The van der Waals surface area contributed by atoms with Gasteiger partial charge in [0.2, 0.25) is 0 Å². The van der Waals surface area contributed by atoms with E-state index >= 15 is 0 Å². The van der Waals surface area contributed by atoms with E-state index in [0.717, 1.165) is 88.8 Å². The number of hydrogen-bond acceptors (Lipinski definition) is 2. The third-order valence-corrected chi connectivity index (χ3v) is 15.9. The Balaban J connectivity index is 0.859. The molecule has 1 aliphatic rings. The summed E-state index contributed by atoms with van der Waals surface area (Å²) in [5.74, 6) is 0. The van der Waals surface area contributed by atoms with Crippen molar-refractivity contribution in [3.63, 3.8) is 0 Å². The lowest BCUT2D eigenvalue weighted by molar-refractivity contribution is 0.768. The quantitative estimate of drug-likeness (QED) is 0.135. The smallest absolute Gasteiger partial charge is 0.0714 e. The summed E-state index contributed by atoms with van der Waals surface area (Å²) in [6.45, 7) is 0. The highest BCUT2D eigenvalue weighted by Crippen LogP contribution is 2.57. The number of benzene rings is 13. The summed E-state index contributed by atoms with van der Waals surface area (Å²) in [5.41, 5.74) is 14.9. The van der Waals surface area contributed by atoms with Crippen molar-refractivity contribution in [1.29, 1.82) is 0 Å². The fourth-order valence-electron chi connectivity index (χ4n) is 12.4.